The van der Waals surface area contributed by atoms with Crippen LogP contribution in [-0.2, 0) is 0 Å². The van der Waals surface area contributed by atoms with Crippen molar-refractivity contribution in [3.8, 4) is 0 Å². The SMILES string of the molecule is CCC1(CNC(=O)c2ccnc(NN)c2)CCC1. The Morgan fingerprint density at radius 1 is 1.56 bits per heavy atom. The van der Waals surface area contributed by atoms with Crippen molar-refractivity contribution >= 4 is 11.7 Å². The minimum absolute atomic E-state index is 0.0615. The number of nitrogen functional groups attached to an aromatic ring is 1. The molecule has 5 nitrogen and oxygen atoms in total. The van der Waals surface area contributed by atoms with E-state index in [1.165, 1.54) is 19.3 Å². The van der Waals surface area contributed by atoms with Crippen molar-refractivity contribution < 1.29 is 4.79 Å². The number of rotatable bonds is 5. The van der Waals surface area contributed by atoms with E-state index in [1.54, 1.807) is 18.3 Å². The minimum atomic E-state index is -0.0615. The fraction of sp³-hybridized carbons (Fsp3) is 0.538. The standard InChI is InChI=1S/C13H20N4O/c1-2-13(5-3-6-13)9-16-12(18)10-4-7-15-11(8-10)17-14/h4,7-8H,2-3,5-6,9,14H2,1H3,(H,15,17)(H,16,18). The number of carbonyl (C=O) groups is 1. The molecule has 0 aromatic carbocycles. The van der Waals surface area contributed by atoms with Gasteiger partial charge in [-0.1, -0.05) is 13.3 Å². The minimum Gasteiger partial charge on any atom is -0.351 e. The Morgan fingerprint density at radius 2 is 2.33 bits per heavy atom. The van der Waals surface area contributed by atoms with Crippen LogP contribution in [0.5, 0.6) is 0 Å². The van der Waals surface area contributed by atoms with E-state index in [0.29, 0.717) is 16.8 Å². The van der Waals surface area contributed by atoms with Crippen LogP contribution in [-0.4, -0.2) is 17.4 Å². The van der Waals surface area contributed by atoms with Gasteiger partial charge in [0, 0.05) is 18.3 Å². The van der Waals surface area contributed by atoms with Gasteiger partial charge < -0.3 is 10.7 Å². The molecule has 5 heteroatoms. The number of pyridine rings is 1. The highest BCUT2D eigenvalue weighted by Crippen LogP contribution is 2.43. The van der Waals surface area contributed by atoms with Gasteiger partial charge in [-0.25, -0.2) is 10.8 Å². The average Bonchev–Trinajstić information content (AvgIpc) is 2.38. The third-order valence-electron chi connectivity index (χ3n) is 3.96. The number of hydrogen-bond donors (Lipinski definition) is 3. The summed E-state index contributed by atoms with van der Waals surface area (Å²) in [5, 5.41) is 3.01. The van der Waals surface area contributed by atoms with Crippen molar-refractivity contribution in [2.75, 3.05) is 12.0 Å². The Labute approximate surface area is 107 Å². The van der Waals surface area contributed by atoms with Crippen LogP contribution in [0.25, 0.3) is 0 Å². The lowest BCUT2D eigenvalue weighted by Gasteiger charge is -2.41. The summed E-state index contributed by atoms with van der Waals surface area (Å²) in [6.45, 7) is 2.95. The topological polar surface area (TPSA) is 80.0 Å². The van der Waals surface area contributed by atoms with Crippen molar-refractivity contribution in [2.45, 2.75) is 32.6 Å². The van der Waals surface area contributed by atoms with Crippen LogP contribution in [0.15, 0.2) is 18.3 Å². The molecular formula is C13H20N4O. The molecule has 0 aliphatic heterocycles. The molecule has 0 unspecified atom stereocenters. The Hall–Kier alpha value is -1.62. The molecule has 2 rings (SSSR count). The monoisotopic (exact) mass is 248 g/mol. The molecule has 1 aliphatic rings. The highest BCUT2D eigenvalue weighted by Gasteiger charge is 2.35. The first-order valence-corrected chi connectivity index (χ1v) is 6.40. The van der Waals surface area contributed by atoms with Crippen LogP contribution < -0.4 is 16.6 Å². The first kappa shape index (κ1) is 12.8. The number of aromatic nitrogens is 1. The van der Waals surface area contributed by atoms with Gasteiger partial charge in [0.25, 0.3) is 5.91 Å². The molecule has 1 saturated carbocycles. The first-order valence-electron chi connectivity index (χ1n) is 6.40. The number of hydrazine groups is 1. The Balaban J connectivity index is 1.95. The number of nitrogens with zero attached hydrogens (tertiary/aromatic N) is 1. The molecule has 0 radical (unpaired) electrons. The van der Waals surface area contributed by atoms with Gasteiger partial charge >= 0.3 is 0 Å². The average molecular weight is 248 g/mol. The summed E-state index contributed by atoms with van der Waals surface area (Å²) < 4.78 is 0. The molecule has 18 heavy (non-hydrogen) atoms. The number of hydrogen-bond acceptors (Lipinski definition) is 4. The lowest BCUT2D eigenvalue weighted by atomic mass is 9.67. The van der Waals surface area contributed by atoms with Gasteiger partial charge in [-0.05, 0) is 36.8 Å². The molecule has 1 heterocycles. The summed E-state index contributed by atoms with van der Waals surface area (Å²) in [4.78, 5) is 16.0. The van der Waals surface area contributed by atoms with Crippen molar-refractivity contribution in [1.82, 2.24) is 10.3 Å². The number of anilines is 1. The molecule has 1 amide bonds. The summed E-state index contributed by atoms with van der Waals surface area (Å²) in [5.41, 5.74) is 3.35. The molecule has 1 aliphatic carbocycles. The largest absolute Gasteiger partial charge is 0.351 e. The van der Waals surface area contributed by atoms with Crippen LogP contribution >= 0.6 is 0 Å². The summed E-state index contributed by atoms with van der Waals surface area (Å²) >= 11 is 0. The van der Waals surface area contributed by atoms with E-state index >= 15 is 0 Å². The highest BCUT2D eigenvalue weighted by molar-refractivity contribution is 5.94. The lowest BCUT2D eigenvalue weighted by Crippen LogP contribution is -2.41. The lowest BCUT2D eigenvalue weighted by molar-refractivity contribution is 0.0850. The van der Waals surface area contributed by atoms with Gasteiger partial charge in [0.15, 0.2) is 0 Å². The van der Waals surface area contributed by atoms with E-state index in [2.05, 4.69) is 22.7 Å². The predicted octanol–water partition coefficient (Wildman–Crippen LogP) is 1.68. The second kappa shape index (κ2) is 5.35. The quantitative estimate of drug-likeness (QED) is 0.547. The normalized spacial score (nSPS) is 16.8. The maximum Gasteiger partial charge on any atom is 0.251 e. The van der Waals surface area contributed by atoms with Gasteiger partial charge in [0.2, 0.25) is 0 Å². The molecule has 0 saturated heterocycles. The molecule has 1 fully saturated rings. The molecule has 1 aromatic heterocycles. The number of carbonyl (C=O) groups excluding carboxylic acids is 1. The first-order chi connectivity index (χ1) is 8.69. The van der Waals surface area contributed by atoms with E-state index in [0.717, 1.165) is 13.0 Å². The van der Waals surface area contributed by atoms with E-state index in [-0.39, 0.29) is 5.91 Å². The van der Waals surface area contributed by atoms with Crippen molar-refractivity contribution in [2.24, 2.45) is 11.3 Å². The van der Waals surface area contributed by atoms with Crippen LogP contribution in [0, 0.1) is 5.41 Å². The molecule has 0 spiro atoms. The highest BCUT2D eigenvalue weighted by atomic mass is 16.1. The van der Waals surface area contributed by atoms with E-state index < -0.39 is 0 Å². The Kier molecular flexibility index (Phi) is 3.81. The fourth-order valence-electron chi connectivity index (χ4n) is 2.35. The second-order valence-corrected chi connectivity index (χ2v) is 4.96. The van der Waals surface area contributed by atoms with E-state index in [9.17, 15) is 4.79 Å². The third kappa shape index (κ3) is 2.61. The van der Waals surface area contributed by atoms with Gasteiger partial charge in [-0.2, -0.15) is 0 Å². The van der Waals surface area contributed by atoms with Gasteiger partial charge in [0.05, 0.1) is 0 Å². The molecule has 4 N–H and O–H groups in total. The second-order valence-electron chi connectivity index (χ2n) is 4.96. The van der Waals surface area contributed by atoms with Gasteiger partial charge in [-0.3, -0.25) is 4.79 Å². The zero-order chi connectivity index (χ0) is 13.0. The van der Waals surface area contributed by atoms with Crippen LogP contribution in [0.3, 0.4) is 0 Å². The zero-order valence-electron chi connectivity index (χ0n) is 10.7. The zero-order valence-corrected chi connectivity index (χ0v) is 10.7. The summed E-state index contributed by atoms with van der Waals surface area (Å²) in [5.74, 6) is 5.71. The van der Waals surface area contributed by atoms with Gasteiger partial charge in [-0.15, -0.1) is 0 Å². The molecular weight excluding hydrogens is 228 g/mol. The Bertz CT molecular complexity index is 423. The number of nitrogens with two attached hydrogens (primary N) is 1. The molecule has 0 bridgehead atoms. The van der Waals surface area contributed by atoms with E-state index in [4.69, 9.17) is 5.84 Å². The van der Waals surface area contributed by atoms with Gasteiger partial charge in [0.1, 0.15) is 5.82 Å². The van der Waals surface area contributed by atoms with Crippen LogP contribution in [0.2, 0.25) is 0 Å². The predicted molar refractivity (Wildman–Crippen MR) is 71.0 cm³/mol. The summed E-state index contributed by atoms with van der Waals surface area (Å²) in [6.07, 6.45) is 6.41. The summed E-state index contributed by atoms with van der Waals surface area (Å²) in [6, 6.07) is 3.34. The maximum absolute atomic E-state index is 12.0. The smallest absolute Gasteiger partial charge is 0.251 e. The molecule has 1 aromatic rings. The van der Waals surface area contributed by atoms with Crippen LogP contribution in [0.1, 0.15) is 43.0 Å². The fourth-order valence-corrected chi connectivity index (χ4v) is 2.35. The maximum atomic E-state index is 12.0. The van der Waals surface area contributed by atoms with Crippen molar-refractivity contribution in [3.63, 3.8) is 0 Å². The van der Waals surface area contributed by atoms with Crippen molar-refractivity contribution in [3.05, 3.63) is 23.9 Å². The van der Waals surface area contributed by atoms with E-state index in [1.807, 2.05) is 0 Å². The Morgan fingerprint density at radius 3 is 2.89 bits per heavy atom. The number of nitrogens with one attached hydrogen (secondary N) is 2. The third-order valence-corrected chi connectivity index (χ3v) is 3.96. The summed E-state index contributed by atoms with van der Waals surface area (Å²) in [7, 11) is 0. The van der Waals surface area contributed by atoms with Crippen molar-refractivity contribution in [1.29, 1.82) is 0 Å². The molecule has 0 atom stereocenters. The molecule has 98 valence electrons. The van der Waals surface area contributed by atoms with Crippen LogP contribution in [0.4, 0.5) is 5.82 Å². The number of amides is 1.